The van der Waals surface area contributed by atoms with Crippen LogP contribution >= 0.6 is 0 Å². The van der Waals surface area contributed by atoms with Crippen molar-refractivity contribution in [1.29, 1.82) is 0 Å². The molecule has 0 aliphatic carbocycles. The van der Waals surface area contributed by atoms with Crippen molar-refractivity contribution in [2.75, 3.05) is 36.4 Å². The number of rotatable bonds is 3. The van der Waals surface area contributed by atoms with Crippen molar-refractivity contribution < 1.29 is 9.59 Å². The average molecular weight is 380 g/mol. The Morgan fingerprint density at radius 1 is 0.893 bits per heavy atom. The van der Waals surface area contributed by atoms with Crippen molar-refractivity contribution in [3.8, 4) is 0 Å². The van der Waals surface area contributed by atoms with Crippen LogP contribution in [-0.4, -0.2) is 42.9 Å². The van der Waals surface area contributed by atoms with Gasteiger partial charge in [-0.2, -0.15) is 0 Å². The molecule has 3 rings (SSSR count). The van der Waals surface area contributed by atoms with Crippen molar-refractivity contribution in [1.82, 2.24) is 4.90 Å². The van der Waals surface area contributed by atoms with Gasteiger partial charge in [-0.15, -0.1) is 0 Å². The van der Waals surface area contributed by atoms with Crippen molar-refractivity contribution >= 4 is 23.2 Å². The number of benzene rings is 2. The lowest BCUT2D eigenvalue weighted by atomic mass is 9.94. The maximum absolute atomic E-state index is 12.4. The van der Waals surface area contributed by atoms with Gasteiger partial charge in [0.2, 0.25) is 5.91 Å². The molecule has 0 saturated carbocycles. The van der Waals surface area contributed by atoms with Gasteiger partial charge in [0.15, 0.2) is 0 Å². The molecule has 2 amide bonds. The maximum atomic E-state index is 12.4. The minimum absolute atomic E-state index is 0.0971. The predicted molar refractivity (Wildman–Crippen MR) is 114 cm³/mol. The zero-order chi connectivity index (χ0) is 20.3. The van der Waals surface area contributed by atoms with Gasteiger partial charge in [-0.3, -0.25) is 9.59 Å². The van der Waals surface area contributed by atoms with Crippen molar-refractivity contribution in [2.45, 2.75) is 27.7 Å². The van der Waals surface area contributed by atoms with Crippen LogP contribution in [0.25, 0.3) is 0 Å². The molecule has 1 fully saturated rings. The lowest BCUT2D eigenvalue weighted by Crippen LogP contribution is -2.51. The highest BCUT2D eigenvalue weighted by atomic mass is 16.2. The number of carbonyl (C=O) groups excluding carboxylic acids is 2. The zero-order valence-corrected chi connectivity index (χ0v) is 17.2. The van der Waals surface area contributed by atoms with E-state index in [-0.39, 0.29) is 17.2 Å². The van der Waals surface area contributed by atoms with Crippen molar-refractivity contribution in [3.63, 3.8) is 0 Å². The van der Waals surface area contributed by atoms with Crippen LogP contribution in [0.1, 0.15) is 36.7 Å². The van der Waals surface area contributed by atoms with Gasteiger partial charge >= 0.3 is 0 Å². The van der Waals surface area contributed by atoms with E-state index < -0.39 is 0 Å². The lowest BCUT2D eigenvalue weighted by molar-refractivity contribution is -0.139. The smallest absolute Gasteiger partial charge is 0.255 e. The van der Waals surface area contributed by atoms with E-state index in [0.717, 1.165) is 43.1 Å². The Bertz CT molecular complexity index is 845. The monoisotopic (exact) mass is 379 g/mol. The molecule has 0 bridgehead atoms. The Morgan fingerprint density at radius 3 is 2.07 bits per heavy atom. The predicted octanol–water partition coefficient (Wildman–Crippen LogP) is 3.94. The summed E-state index contributed by atoms with van der Waals surface area (Å²) in [5.74, 6) is 0.113. The number of anilines is 2. The third kappa shape index (κ3) is 4.53. The number of piperazine rings is 1. The fraction of sp³-hybridized carbons (Fsp3) is 0.391. The number of hydrogen-bond donors (Lipinski definition) is 1. The summed E-state index contributed by atoms with van der Waals surface area (Å²) >= 11 is 0. The summed E-state index contributed by atoms with van der Waals surface area (Å²) < 4.78 is 0. The SMILES string of the molecule is Cc1ccccc1C(=O)Nc1ccc(N2CCN(C(=O)C(C)(C)C)CC2)cc1. The average Bonchev–Trinajstić information content (AvgIpc) is 2.68. The van der Waals surface area contributed by atoms with Gasteiger partial charge in [0, 0.05) is 48.5 Å². The number of nitrogens with zero attached hydrogens (tertiary/aromatic N) is 2. The molecule has 0 radical (unpaired) electrons. The van der Waals surface area contributed by atoms with Gasteiger partial charge in [-0.1, -0.05) is 39.0 Å². The van der Waals surface area contributed by atoms with E-state index >= 15 is 0 Å². The van der Waals surface area contributed by atoms with E-state index in [4.69, 9.17) is 0 Å². The van der Waals surface area contributed by atoms with Gasteiger partial charge in [0.05, 0.1) is 0 Å². The Kier molecular flexibility index (Phi) is 5.73. The van der Waals surface area contributed by atoms with E-state index in [1.807, 2.05) is 81.1 Å². The molecule has 148 valence electrons. The molecule has 1 N–H and O–H groups in total. The van der Waals surface area contributed by atoms with Gasteiger partial charge in [-0.25, -0.2) is 0 Å². The second kappa shape index (κ2) is 8.05. The molecule has 2 aromatic rings. The van der Waals surface area contributed by atoms with Crippen LogP contribution in [0.15, 0.2) is 48.5 Å². The summed E-state index contributed by atoms with van der Waals surface area (Å²) in [7, 11) is 0. The van der Waals surface area contributed by atoms with Gasteiger partial charge in [0.1, 0.15) is 0 Å². The third-order valence-electron chi connectivity index (χ3n) is 5.09. The van der Waals surface area contributed by atoms with Crippen LogP contribution in [0.4, 0.5) is 11.4 Å². The first-order valence-corrected chi connectivity index (χ1v) is 9.77. The van der Waals surface area contributed by atoms with Crippen LogP contribution in [-0.2, 0) is 4.79 Å². The van der Waals surface area contributed by atoms with E-state index in [0.29, 0.717) is 5.56 Å². The highest BCUT2D eigenvalue weighted by molar-refractivity contribution is 6.05. The minimum Gasteiger partial charge on any atom is -0.368 e. The maximum Gasteiger partial charge on any atom is 0.255 e. The minimum atomic E-state index is -0.334. The molecular formula is C23H29N3O2. The molecule has 0 aromatic heterocycles. The topological polar surface area (TPSA) is 52.7 Å². The molecule has 1 aliphatic rings. The number of amides is 2. The molecule has 1 aliphatic heterocycles. The highest BCUT2D eigenvalue weighted by Crippen LogP contribution is 2.23. The normalized spacial score (nSPS) is 14.7. The molecule has 5 heteroatoms. The van der Waals surface area contributed by atoms with E-state index in [1.54, 1.807) is 0 Å². The largest absolute Gasteiger partial charge is 0.368 e. The number of nitrogens with one attached hydrogen (secondary N) is 1. The molecule has 5 nitrogen and oxygen atoms in total. The summed E-state index contributed by atoms with van der Waals surface area (Å²) in [5, 5.41) is 2.96. The molecule has 0 unspecified atom stereocenters. The van der Waals surface area contributed by atoms with Crippen molar-refractivity contribution in [2.24, 2.45) is 5.41 Å². The summed E-state index contributed by atoms with van der Waals surface area (Å²) in [6.45, 7) is 10.9. The van der Waals surface area contributed by atoms with Crippen LogP contribution in [0.2, 0.25) is 0 Å². The summed E-state index contributed by atoms with van der Waals surface area (Å²) in [4.78, 5) is 29.1. The number of aryl methyl sites for hydroxylation is 1. The molecule has 0 spiro atoms. The lowest BCUT2D eigenvalue weighted by Gasteiger charge is -2.38. The Labute approximate surface area is 167 Å². The van der Waals surface area contributed by atoms with E-state index in [9.17, 15) is 9.59 Å². The van der Waals surface area contributed by atoms with Gasteiger partial charge in [0.25, 0.3) is 5.91 Å². The van der Waals surface area contributed by atoms with Gasteiger partial charge in [-0.05, 0) is 42.8 Å². The van der Waals surface area contributed by atoms with Crippen LogP contribution in [0, 0.1) is 12.3 Å². The molecule has 1 saturated heterocycles. The summed E-state index contributed by atoms with van der Waals surface area (Å²) in [6.07, 6.45) is 0. The fourth-order valence-corrected chi connectivity index (χ4v) is 3.42. The van der Waals surface area contributed by atoms with Crippen molar-refractivity contribution in [3.05, 3.63) is 59.7 Å². The molecule has 1 heterocycles. The Balaban J connectivity index is 1.59. The molecule has 2 aromatic carbocycles. The summed E-state index contributed by atoms with van der Waals surface area (Å²) in [5.41, 5.74) is 3.19. The van der Waals surface area contributed by atoms with Crippen LogP contribution < -0.4 is 10.2 Å². The second-order valence-electron chi connectivity index (χ2n) is 8.35. The Hall–Kier alpha value is -2.82. The fourth-order valence-electron chi connectivity index (χ4n) is 3.42. The van der Waals surface area contributed by atoms with Crippen LogP contribution in [0.3, 0.4) is 0 Å². The summed E-state index contributed by atoms with van der Waals surface area (Å²) in [6, 6.07) is 15.5. The van der Waals surface area contributed by atoms with E-state index in [1.165, 1.54) is 0 Å². The van der Waals surface area contributed by atoms with E-state index in [2.05, 4.69) is 10.2 Å². The van der Waals surface area contributed by atoms with Crippen LogP contribution in [0.5, 0.6) is 0 Å². The first kappa shape index (κ1) is 19.9. The number of carbonyl (C=O) groups is 2. The molecule has 28 heavy (non-hydrogen) atoms. The third-order valence-corrected chi connectivity index (χ3v) is 5.09. The van der Waals surface area contributed by atoms with Gasteiger partial charge < -0.3 is 15.1 Å². The Morgan fingerprint density at radius 2 is 1.50 bits per heavy atom. The molecule has 0 atom stereocenters. The number of hydrogen-bond acceptors (Lipinski definition) is 3. The zero-order valence-electron chi connectivity index (χ0n) is 17.2. The standard InChI is InChI=1S/C23H29N3O2/c1-17-7-5-6-8-20(17)21(27)24-18-9-11-19(12-10-18)25-13-15-26(16-14-25)22(28)23(2,3)4/h5-12H,13-16H2,1-4H3,(H,24,27). The first-order valence-electron chi connectivity index (χ1n) is 9.77. The quantitative estimate of drug-likeness (QED) is 0.879. The molecular weight excluding hydrogens is 350 g/mol. The highest BCUT2D eigenvalue weighted by Gasteiger charge is 2.29. The first-order chi connectivity index (χ1) is 13.3. The second-order valence-corrected chi connectivity index (χ2v) is 8.35.